The number of aliphatic carboxylic acids is 1. The van der Waals surface area contributed by atoms with Gasteiger partial charge in [-0.1, -0.05) is 25.8 Å². The third kappa shape index (κ3) is 4.20. The molecule has 0 unspecified atom stereocenters. The number of unbranched alkanes of at least 4 members (excludes halogenated alkanes) is 1. The normalized spacial score (nSPS) is 12.0. The van der Waals surface area contributed by atoms with Crippen molar-refractivity contribution >= 4 is 11.9 Å². The van der Waals surface area contributed by atoms with Crippen molar-refractivity contribution in [2.24, 2.45) is 0 Å². The van der Waals surface area contributed by atoms with E-state index in [1.165, 1.54) is 12.3 Å². The van der Waals surface area contributed by atoms with Gasteiger partial charge in [0.2, 0.25) is 0 Å². The molecule has 1 aromatic carbocycles. The van der Waals surface area contributed by atoms with E-state index in [0.29, 0.717) is 18.4 Å². The number of carboxylic acids is 1. The molecule has 8 heteroatoms. The Morgan fingerprint density at radius 3 is 2.52 bits per heavy atom. The molecule has 0 saturated heterocycles. The minimum atomic E-state index is -1.14. The number of aromatic nitrogens is 2. The number of nitrogens with one attached hydrogen (secondary N) is 1. The molecule has 0 radical (unpaired) electrons. The molecule has 0 bridgehead atoms. The largest absolute Gasteiger partial charge is 0.480 e. The Kier molecular flexibility index (Phi) is 5.84. The summed E-state index contributed by atoms with van der Waals surface area (Å²) in [5.41, 5.74) is -0.101. The maximum absolute atomic E-state index is 13.9. The summed E-state index contributed by atoms with van der Waals surface area (Å²) >= 11 is 0. The van der Waals surface area contributed by atoms with Crippen LogP contribution in [0.2, 0.25) is 0 Å². The second-order valence-electron chi connectivity index (χ2n) is 5.68. The number of benzene rings is 1. The van der Waals surface area contributed by atoms with Crippen LogP contribution in [-0.4, -0.2) is 32.8 Å². The SMILES string of the molecule is CCCC[C@H](NC(=O)c1nn(-c2c(F)cccc2F)cc1C)C(=O)O. The number of carboxylic acid groups (broad SMARTS) is 1. The van der Waals surface area contributed by atoms with Crippen molar-refractivity contribution in [2.45, 2.75) is 39.2 Å². The summed E-state index contributed by atoms with van der Waals surface area (Å²) < 4.78 is 28.7. The molecule has 0 aliphatic rings. The van der Waals surface area contributed by atoms with Crippen LogP contribution >= 0.6 is 0 Å². The fourth-order valence-electron chi connectivity index (χ4n) is 2.40. The number of carbonyl (C=O) groups excluding carboxylic acids is 1. The van der Waals surface area contributed by atoms with Gasteiger partial charge in [-0.3, -0.25) is 4.79 Å². The number of rotatable bonds is 7. The summed E-state index contributed by atoms with van der Waals surface area (Å²) in [5.74, 6) is -3.47. The van der Waals surface area contributed by atoms with Gasteiger partial charge < -0.3 is 10.4 Å². The Hall–Kier alpha value is -2.77. The van der Waals surface area contributed by atoms with Gasteiger partial charge >= 0.3 is 5.97 Å². The molecule has 1 aromatic heterocycles. The fraction of sp³-hybridized carbons (Fsp3) is 0.353. The first-order valence-corrected chi connectivity index (χ1v) is 7.89. The Labute approximate surface area is 143 Å². The molecule has 1 amide bonds. The summed E-state index contributed by atoms with van der Waals surface area (Å²) in [6, 6.07) is 2.35. The molecule has 0 aliphatic heterocycles. The first kappa shape index (κ1) is 18.6. The van der Waals surface area contributed by atoms with Crippen molar-refractivity contribution in [2.75, 3.05) is 0 Å². The minimum absolute atomic E-state index is 0.0783. The Balaban J connectivity index is 2.27. The molecular weight excluding hydrogens is 332 g/mol. The molecular formula is C17H19F2N3O3. The van der Waals surface area contributed by atoms with Crippen molar-refractivity contribution in [3.8, 4) is 5.69 Å². The molecule has 0 spiro atoms. The van der Waals surface area contributed by atoms with Gasteiger partial charge in [0, 0.05) is 11.8 Å². The molecule has 2 N–H and O–H groups in total. The van der Waals surface area contributed by atoms with E-state index in [2.05, 4.69) is 10.4 Å². The lowest BCUT2D eigenvalue weighted by molar-refractivity contribution is -0.139. The van der Waals surface area contributed by atoms with Crippen LogP contribution in [-0.2, 0) is 4.79 Å². The number of carbonyl (C=O) groups is 2. The van der Waals surface area contributed by atoms with Gasteiger partial charge in [-0.05, 0) is 25.5 Å². The van der Waals surface area contributed by atoms with Gasteiger partial charge in [-0.2, -0.15) is 5.10 Å². The van der Waals surface area contributed by atoms with E-state index >= 15 is 0 Å². The van der Waals surface area contributed by atoms with Crippen LogP contribution in [0.25, 0.3) is 5.69 Å². The Morgan fingerprint density at radius 2 is 1.96 bits per heavy atom. The lowest BCUT2D eigenvalue weighted by Crippen LogP contribution is -2.41. The first-order valence-electron chi connectivity index (χ1n) is 7.89. The molecule has 25 heavy (non-hydrogen) atoms. The van der Waals surface area contributed by atoms with E-state index in [-0.39, 0.29) is 5.69 Å². The Morgan fingerprint density at radius 1 is 1.32 bits per heavy atom. The predicted molar refractivity (Wildman–Crippen MR) is 86.6 cm³/mol. The van der Waals surface area contributed by atoms with Gasteiger partial charge in [0.05, 0.1) is 0 Å². The number of halogens is 2. The van der Waals surface area contributed by atoms with E-state index in [0.717, 1.165) is 23.2 Å². The van der Waals surface area contributed by atoms with Gasteiger partial charge in [-0.15, -0.1) is 0 Å². The van der Waals surface area contributed by atoms with E-state index in [1.54, 1.807) is 6.92 Å². The number of para-hydroxylation sites is 1. The van der Waals surface area contributed by atoms with Crippen LogP contribution in [0.15, 0.2) is 24.4 Å². The van der Waals surface area contributed by atoms with Crippen LogP contribution < -0.4 is 5.32 Å². The zero-order valence-corrected chi connectivity index (χ0v) is 13.9. The number of nitrogens with zero attached hydrogens (tertiary/aromatic N) is 2. The van der Waals surface area contributed by atoms with Gasteiger partial charge in [0.25, 0.3) is 5.91 Å². The predicted octanol–water partition coefficient (Wildman–Crippen LogP) is 2.83. The topological polar surface area (TPSA) is 84.2 Å². The van der Waals surface area contributed by atoms with Crippen LogP contribution in [0.3, 0.4) is 0 Å². The lowest BCUT2D eigenvalue weighted by Gasteiger charge is -2.13. The summed E-state index contributed by atoms with van der Waals surface area (Å²) in [4.78, 5) is 23.6. The molecule has 6 nitrogen and oxygen atoms in total. The number of aryl methyl sites for hydroxylation is 1. The average molecular weight is 351 g/mol. The van der Waals surface area contributed by atoms with Gasteiger partial charge in [0.1, 0.15) is 11.7 Å². The smallest absolute Gasteiger partial charge is 0.326 e. The number of hydrogen-bond acceptors (Lipinski definition) is 3. The highest BCUT2D eigenvalue weighted by atomic mass is 19.1. The molecule has 2 rings (SSSR count). The van der Waals surface area contributed by atoms with Crippen molar-refractivity contribution in [3.05, 3.63) is 47.3 Å². The third-order valence-electron chi connectivity index (χ3n) is 3.73. The van der Waals surface area contributed by atoms with E-state index in [9.17, 15) is 23.5 Å². The van der Waals surface area contributed by atoms with Crippen molar-refractivity contribution < 1.29 is 23.5 Å². The van der Waals surface area contributed by atoms with Crippen LogP contribution in [0.5, 0.6) is 0 Å². The van der Waals surface area contributed by atoms with Crippen molar-refractivity contribution in [1.82, 2.24) is 15.1 Å². The summed E-state index contributed by atoms with van der Waals surface area (Å²) in [7, 11) is 0. The molecule has 134 valence electrons. The minimum Gasteiger partial charge on any atom is -0.480 e. The summed E-state index contributed by atoms with van der Waals surface area (Å²) in [5, 5.41) is 15.5. The number of amides is 1. The first-order chi connectivity index (χ1) is 11.8. The third-order valence-corrected chi connectivity index (χ3v) is 3.73. The van der Waals surface area contributed by atoms with Crippen molar-refractivity contribution in [1.29, 1.82) is 0 Å². The second-order valence-corrected chi connectivity index (χ2v) is 5.68. The van der Waals surface area contributed by atoms with E-state index < -0.39 is 35.2 Å². The summed E-state index contributed by atoms with van der Waals surface area (Å²) in [6.45, 7) is 3.47. The van der Waals surface area contributed by atoms with Gasteiger partial charge in [0.15, 0.2) is 17.3 Å². The van der Waals surface area contributed by atoms with E-state index in [1.807, 2.05) is 6.92 Å². The van der Waals surface area contributed by atoms with Crippen molar-refractivity contribution in [3.63, 3.8) is 0 Å². The fourth-order valence-corrected chi connectivity index (χ4v) is 2.40. The summed E-state index contributed by atoms with van der Waals surface area (Å²) in [6.07, 6.45) is 3.04. The maximum Gasteiger partial charge on any atom is 0.326 e. The molecule has 0 saturated carbocycles. The zero-order valence-electron chi connectivity index (χ0n) is 13.9. The van der Waals surface area contributed by atoms with Gasteiger partial charge in [-0.25, -0.2) is 18.3 Å². The van der Waals surface area contributed by atoms with Crippen LogP contribution in [0.4, 0.5) is 8.78 Å². The Bertz CT molecular complexity index is 769. The van der Waals surface area contributed by atoms with Crippen LogP contribution in [0, 0.1) is 18.6 Å². The average Bonchev–Trinajstić information content (AvgIpc) is 2.92. The molecule has 1 atom stereocenters. The quantitative estimate of drug-likeness (QED) is 0.803. The highest BCUT2D eigenvalue weighted by Crippen LogP contribution is 2.19. The lowest BCUT2D eigenvalue weighted by atomic mass is 10.1. The van der Waals surface area contributed by atoms with Crippen LogP contribution in [0.1, 0.15) is 42.2 Å². The second kappa shape index (κ2) is 7.87. The molecule has 1 heterocycles. The maximum atomic E-state index is 13.9. The molecule has 0 fully saturated rings. The van der Waals surface area contributed by atoms with E-state index in [4.69, 9.17) is 0 Å². The zero-order chi connectivity index (χ0) is 18.6. The monoisotopic (exact) mass is 351 g/mol. The molecule has 0 aliphatic carbocycles. The number of hydrogen-bond donors (Lipinski definition) is 2. The highest BCUT2D eigenvalue weighted by Gasteiger charge is 2.24. The standard InChI is InChI=1S/C17H19F2N3O3/c1-3-4-8-13(17(24)25)20-16(23)14-10(2)9-22(21-14)15-11(18)6-5-7-12(15)19/h5-7,9,13H,3-4,8H2,1-2H3,(H,20,23)(H,24,25)/t13-/m0/s1. The highest BCUT2D eigenvalue weighted by molar-refractivity contribution is 5.96. The molecule has 2 aromatic rings.